The molecule has 1 aliphatic rings. The summed E-state index contributed by atoms with van der Waals surface area (Å²) in [5, 5.41) is 12.6. The number of urea groups is 1. The molecular formula is C16H24N2O3. The van der Waals surface area contributed by atoms with Crippen molar-refractivity contribution < 1.29 is 14.6 Å². The fourth-order valence-electron chi connectivity index (χ4n) is 2.74. The summed E-state index contributed by atoms with van der Waals surface area (Å²) in [6.45, 7) is 5.03. The van der Waals surface area contributed by atoms with Crippen LogP contribution in [-0.4, -0.2) is 42.3 Å². The highest BCUT2D eigenvalue weighted by atomic mass is 16.5. The Hall–Kier alpha value is -1.75. The minimum absolute atomic E-state index is 0.0865. The van der Waals surface area contributed by atoms with Crippen molar-refractivity contribution in [2.75, 3.05) is 20.2 Å². The van der Waals surface area contributed by atoms with Crippen LogP contribution in [0.4, 0.5) is 4.79 Å². The van der Waals surface area contributed by atoms with Gasteiger partial charge >= 0.3 is 6.03 Å². The maximum Gasteiger partial charge on any atom is 0.317 e. The third kappa shape index (κ3) is 3.67. The number of methoxy groups -OCH3 is 1. The van der Waals surface area contributed by atoms with Crippen LogP contribution in [0.2, 0.25) is 0 Å². The van der Waals surface area contributed by atoms with Gasteiger partial charge in [-0.25, -0.2) is 4.79 Å². The van der Waals surface area contributed by atoms with Crippen molar-refractivity contribution in [1.82, 2.24) is 10.2 Å². The van der Waals surface area contributed by atoms with Crippen LogP contribution < -0.4 is 10.1 Å². The zero-order valence-electron chi connectivity index (χ0n) is 12.9. The zero-order valence-corrected chi connectivity index (χ0v) is 12.9. The average molecular weight is 292 g/mol. The van der Waals surface area contributed by atoms with Gasteiger partial charge in [0.25, 0.3) is 0 Å². The largest absolute Gasteiger partial charge is 0.496 e. The van der Waals surface area contributed by atoms with Crippen molar-refractivity contribution in [3.05, 3.63) is 29.8 Å². The first-order valence-corrected chi connectivity index (χ1v) is 7.39. The summed E-state index contributed by atoms with van der Waals surface area (Å²) in [5.74, 6) is 0.950. The SMILES string of the molecule is COc1ccccc1[C@H](C)NC(=O)N1CC[C@H]([C@H](C)O)C1. The fourth-order valence-corrected chi connectivity index (χ4v) is 2.74. The van der Waals surface area contributed by atoms with E-state index in [-0.39, 0.29) is 24.1 Å². The Morgan fingerprint density at radius 3 is 2.76 bits per heavy atom. The van der Waals surface area contributed by atoms with Crippen molar-refractivity contribution in [1.29, 1.82) is 0 Å². The van der Waals surface area contributed by atoms with Gasteiger partial charge in [-0.2, -0.15) is 0 Å². The van der Waals surface area contributed by atoms with E-state index in [0.29, 0.717) is 13.1 Å². The lowest BCUT2D eigenvalue weighted by molar-refractivity contribution is 0.129. The summed E-state index contributed by atoms with van der Waals surface area (Å²) in [6.07, 6.45) is 0.489. The number of hydrogen-bond acceptors (Lipinski definition) is 3. The minimum atomic E-state index is -0.366. The lowest BCUT2D eigenvalue weighted by Crippen LogP contribution is -2.40. The molecule has 1 heterocycles. The van der Waals surface area contributed by atoms with Crippen LogP contribution in [0.25, 0.3) is 0 Å². The molecule has 2 N–H and O–H groups in total. The van der Waals surface area contributed by atoms with Crippen molar-refractivity contribution in [3.63, 3.8) is 0 Å². The van der Waals surface area contributed by atoms with Crippen LogP contribution in [0.15, 0.2) is 24.3 Å². The second-order valence-electron chi connectivity index (χ2n) is 5.65. The Labute approximate surface area is 125 Å². The molecule has 2 amide bonds. The molecule has 0 unspecified atom stereocenters. The number of amides is 2. The monoisotopic (exact) mass is 292 g/mol. The number of likely N-dealkylation sites (tertiary alicyclic amines) is 1. The molecule has 0 radical (unpaired) electrons. The molecule has 3 atom stereocenters. The number of para-hydroxylation sites is 1. The summed E-state index contributed by atoms with van der Waals surface area (Å²) in [5.41, 5.74) is 0.958. The number of ether oxygens (including phenoxy) is 1. The van der Waals surface area contributed by atoms with Crippen LogP contribution >= 0.6 is 0 Å². The first kappa shape index (κ1) is 15.6. The molecule has 1 aliphatic heterocycles. The van der Waals surface area contributed by atoms with Gasteiger partial charge in [0.2, 0.25) is 0 Å². The predicted molar refractivity (Wildman–Crippen MR) is 81.3 cm³/mol. The van der Waals surface area contributed by atoms with E-state index in [1.54, 1.807) is 18.9 Å². The second-order valence-corrected chi connectivity index (χ2v) is 5.65. The zero-order chi connectivity index (χ0) is 15.4. The topological polar surface area (TPSA) is 61.8 Å². The van der Waals surface area contributed by atoms with Gasteiger partial charge in [0, 0.05) is 24.6 Å². The van der Waals surface area contributed by atoms with E-state index in [1.807, 2.05) is 31.2 Å². The van der Waals surface area contributed by atoms with E-state index < -0.39 is 0 Å². The van der Waals surface area contributed by atoms with Gasteiger partial charge in [0.1, 0.15) is 5.75 Å². The van der Waals surface area contributed by atoms with E-state index in [9.17, 15) is 9.90 Å². The first-order valence-electron chi connectivity index (χ1n) is 7.39. The van der Waals surface area contributed by atoms with E-state index in [1.165, 1.54) is 0 Å². The Bertz CT molecular complexity index is 490. The number of hydrogen-bond donors (Lipinski definition) is 2. The summed E-state index contributed by atoms with van der Waals surface area (Å²) < 4.78 is 5.32. The summed E-state index contributed by atoms with van der Waals surface area (Å²) in [4.78, 5) is 14.1. The van der Waals surface area contributed by atoms with Crippen molar-refractivity contribution in [2.45, 2.75) is 32.4 Å². The normalized spacial score (nSPS) is 21.0. The lowest BCUT2D eigenvalue weighted by Gasteiger charge is -2.22. The van der Waals surface area contributed by atoms with Gasteiger partial charge in [0.15, 0.2) is 0 Å². The molecule has 0 spiro atoms. The molecule has 116 valence electrons. The first-order chi connectivity index (χ1) is 10.0. The summed E-state index contributed by atoms with van der Waals surface area (Å²) in [7, 11) is 1.63. The highest BCUT2D eigenvalue weighted by molar-refractivity contribution is 5.75. The summed E-state index contributed by atoms with van der Waals surface area (Å²) in [6, 6.07) is 7.46. The fraction of sp³-hybridized carbons (Fsp3) is 0.562. The molecule has 1 aromatic carbocycles. The van der Waals surface area contributed by atoms with Crippen LogP contribution in [0.5, 0.6) is 5.75 Å². The number of nitrogens with zero attached hydrogens (tertiary/aromatic N) is 1. The molecule has 21 heavy (non-hydrogen) atoms. The molecule has 2 rings (SSSR count). The van der Waals surface area contributed by atoms with Gasteiger partial charge in [-0.3, -0.25) is 0 Å². The highest BCUT2D eigenvalue weighted by Gasteiger charge is 2.29. The standard InChI is InChI=1S/C16H24N2O3/c1-11(14-6-4-5-7-15(14)21-3)17-16(20)18-9-8-13(10-18)12(2)19/h4-7,11-13,19H,8-10H2,1-3H3,(H,17,20)/t11-,12-,13-/m0/s1. The maximum absolute atomic E-state index is 12.3. The number of carbonyl (C=O) groups excluding carboxylic acids is 1. The van der Waals surface area contributed by atoms with Crippen LogP contribution in [0.1, 0.15) is 31.9 Å². The molecule has 0 saturated carbocycles. The van der Waals surface area contributed by atoms with Crippen LogP contribution in [0.3, 0.4) is 0 Å². The smallest absolute Gasteiger partial charge is 0.317 e. The lowest BCUT2D eigenvalue weighted by atomic mass is 10.0. The second kappa shape index (κ2) is 6.80. The Balaban J connectivity index is 1.96. The molecule has 1 saturated heterocycles. The van der Waals surface area contributed by atoms with Crippen molar-refractivity contribution in [2.24, 2.45) is 5.92 Å². The quantitative estimate of drug-likeness (QED) is 0.894. The van der Waals surface area contributed by atoms with Gasteiger partial charge in [-0.1, -0.05) is 18.2 Å². The minimum Gasteiger partial charge on any atom is -0.496 e. The number of nitrogens with one attached hydrogen (secondary N) is 1. The van der Waals surface area contributed by atoms with Gasteiger partial charge in [0.05, 0.1) is 19.3 Å². The van der Waals surface area contributed by atoms with E-state index in [2.05, 4.69) is 5.32 Å². The Kier molecular flexibility index (Phi) is 5.07. The van der Waals surface area contributed by atoms with Crippen LogP contribution in [-0.2, 0) is 0 Å². The molecule has 0 aromatic heterocycles. The number of benzene rings is 1. The summed E-state index contributed by atoms with van der Waals surface area (Å²) >= 11 is 0. The third-order valence-corrected chi connectivity index (χ3v) is 4.14. The van der Waals surface area contributed by atoms with Gasteiger partial charge in [-0.05, 0) is 26.3 Å². The van der Waals surface area contributed by atoms with Crippen molar-refractivity contribution in [3.8, 4) is 5.75 Å². The van der Waals surface area contributed by atoms with Crippen molar-refractivity contribution >= 4 is 6.03 Å². The van der Waals surface area contributed by atoms with Crippen LogP contribution in [0, 0.1) is 5.92 Å². The number of carbonyl (C=O) groups is 1. The highest BCUT2D eigenvalue weighted by Crippen LogP contribution is 2.25. The van der Waals surface area contributed by atoms with E-state index in [0.717, 1.165) is 17.7 Å². The molecule has 5 nitrogen and oxygen atoms in total. The van der Waals surface area contributed by atoms with Gasteiger partial charge < -0.3 is 20.1 Å². The molecule has 0 aliphatic carbocycles. The number of aliphatic hydroxyl groups excluding tert-OH is 1. The third-order valence-electron chi connectivity index (χ3n) is 4.14. The molecule has 0 bridgehead atoms. The molecule has 1 aromatic rings. The average Bonchev–Trinajstić information content (AvgIpc) is 2.97. The van der Waals surface area contributed by atoms with Gasteiger partial charge in [-0.15, -0.1) is 0 Å². The Morgan fingerprint density at radius 2 is 2.14 bits per heavy atom. The number of rotatable bonds is 4. The molecular weight excluding hydrogens is 268 g/mol. The molecule has 1 fully saturated rings. The van der Waals surface area contributed by atoms with E-state index >= 15 is 0 Å². The number of aliphatic hydroxyl groups is 1. The van der Waals surface area contributed by atoms with E-state index in [4.69, 9.17) is 4.74 Å². The molecule has 5 heteroatoms. The Morgan fingerprint density at radius 1 is 1.43 bits per heavy atom. The maximum atomic E-state index is 12.3. The predicted octanol–water partition coefficient (Wildman–Crippen LogP) is 2.17.